The molecule has 17 heavy (non-hydrogen) atoms. The van der Waals surface area contributed by atoms with Crippen LogP contribution in [0.2, 0.25) is 0 Å². The highest BCUT2D eigenvalue weighted by atomic mass is 16.2. The zero-order valence-corrected chi connectivity index (χ0v) is 10.5. The van der Waals surface area contributed by atoms with Crippen molar-refractivity contribution in [1.29, 1.82) is 0 Å². The van der Waals surface area contributed by atoms with Gasteiger partial charge >= 0.3 is 0 Å². The fourth-order valence-electron chi connectivity index (χ4n) is 2.20. The van der Waals surface area contributed by atoms with Crippen molar-refractivity contribution < 1.29 is 4.79 Å². The van der Waals surface area contributed by atoms with Crippen LogP contribution in [0.25, 0.3) is 0 Å². The second kappa shape index (κ2) is 4.49. The third-order valence-corrected chi connectivity index (χ3v) is 3.79. The standard InChI is InChI=1S/C12H20N4O/c1-12(9-13)4-7-16(8-5-12)11(17)10-3-6-14-15(10)2/h3,6H,4-5,7-9,13H2,1-2H3. The molecule has 0 spiro atoms. The molecule has 2 heterocycles. The van der Waals surface area contributed by atoms with Crippen LogP contribution in [0.15, 0.2) is 12.3 Å². The van der Waals surface area contributed by atoms with Crippen molar-refractivity contribution in [2.45, 2.75) is 19.8 Å². The fraction of sp³-hybridized carbons (Fsp3) is 0.667. The highest BCUT2D eigenvalue weighted by molar-refractivity contribution is 5.92. The molecule has 0 aliphatic carbocycles. The Bertz CT molecular complexity index is 404. The summed E-state index contributed by atoms with van der Waals surface area (Å²) in [5.74, 6) is 0.0732. The molecule has 1 aromatic rings. The third kappa shape index (κ3) is 2.34. The summed E-state index contributed by atoms with van der Waals surface area (Å²) in [5, 5.41) is 4.03. The number of aromatic nitrogens is 2. The molecule has 1 aliphatic heterocycles. The molecule has 0 aromatic carbocycles. The van der Waals surface area contributed by atoms with Crippen molar-refractivity contribution in [2.75, 3.05) is 19.6 Å². The molecule has 1 saturated heterocycles. The summed E-state index contributed by atoms with van der Waals surface area (Å²) in [4.78, 5) is 14.1. The summed E-state index contributed by atoms with van der Waals surface area (Å²) in [6, 6.07) is 1.76. The van der Waals surface area contributed by atoms with Crippen molar-refractivity contribution >= 4 is 5.91 Å². The Morgan fingerprint density at radius 1 is 1.53 bits per heavy atom. The molecule has 0 saturated carbocycles. The molecule has 5 nitrogen and oxygen atoms in total. The lowest BCUT2D eigenvalue weighted by Gasteiger charge is -2.38. The number of piperidine rings is 1. The number of amides is 1. The number of nitrogens with two attached hydrogens (primary N) is 1. The van der Waals surface area contributed by atoms with Gasteiger partial charge in [0.15, 0.2) is 0 Å². The van der Waals surface area contributed by atoms with Crippen molar-refractivity contribution in [1.82, 2.24) is 14.7 Å². The summed E-state index contributed by atoms with van der Waals surface area (Å²) in [6.45, 7) is 4.47. The van der Waals surface area contributed by atoms with Crippen LogP contribution in [-0.4, -0.2) is 40.2 Å². The van der Waals surface area contributed by atoms with Crippen LogP contribution in [0.3, 0.4) is 0 Å². The second-order valence-corrected chi connectivity index (χ2v) is 5.15. The average Bonchev–Trinajstić information content (AvgIpc) is 2.76. The van der Waals surface area contributed by atoms with E-state index in [1.54, 1.807) is 24.0 Å². The van der Waals surface area contributed by atoms with Gasteiger partial charge in [-0.05, 0) is 30.9 Å². The molecule has 94 valence electrons. The Kier molecular flexibility index (Phi) is 3.19. The number of carbonyl (C=O) groups excluding carboxylic acids is 1. The Labute approximate surface area is 102 Å². The van der Waals surface area contributed by atoms with Crippen molar-refractivity contribution in [3.05, 3.63) is 18.0 Å². The van der Waals surface area contributed by atoms with E-state index in [4.69, 9.17) is 5.73 Å². The molecule has 5 heteroatoms. The summed E-state index contributed by atoms with van der Waals surface area (Å²) >= 11 is 0. The smallest absolute Gasteiger partial charge is 0.272 e. The SMILES string of the molecule is Cn1nccc1C(=O)N1CCC(C)(CN)CC1. The van der Waals surface area contributed by atoms with E-state index in [0.29, 0.717) is 12.2 Å². The Hall–Kier alpha value is -1.36. The van der Waals surface area contributed by atoms with E-state index >= 15 is 0 Å². The van der Waals surface area contributed by atoms with E-state index in [-0.39, 0.29) is 11.3 Å². The van der Waals surface area contributed by atoms with E-state index in [0.717, 1.165) is 25.9 Å². The van der Waals surface area contributed by atoms with Gasteiger partial charge in [0.1, 0.15) is 5.69 Å². The van der Waals surface area contributed by atoms with Gasteiger partial charge in [0.05, 0.1) is 0 Å². The summed E-state index contributed by atoms with van der Waals surface area (Å²) in [7, 11) is 1.79. The van der Waals surface area contributed by atoms with Gasteiger partial charge in [-0.15, -0.1) is 0 Å². The summed E-state index contributed by atoms with van der Waals surface area (Å²) in [5.41, 5.74) is 6.61. The number of aryl methyl sites for hydroxylation is 1. The van der Waals surface area contributed by atoms with Crippen molar-refractivity contribution in [3.63, 3.8) is 0 Å². The zero-order chi connectivity index (χ0) is 12.5. The minimum atomic E-state index is 0.0732. The van der Waals surface area contributed by atoms with Crippen LogP contribution in [-0.2, 0) is 7.05 Å². The van der Waals surface area contributed by atoms with Crippen LogP contribution < -0.4 is 5.73 Å². The largest absolute Gasteiger partial charge is 0.337 e. The lowest BCUT2D eigenvalue weighted by Crippen LogP contribution is -2.45. The van der Waals surface area contributed by atoms with E-state index in [1.165, 1.54) is 0 Å². The Morgan fingerprint density at radius 3 is 2.65 bits per heavy atom. The lowest BCUT2D eigenvalue weighted by molar-refractivity contribution is 0.0607. The maximum Gasteiger partial charge on any atom is 0.272 e. The molecule has 0 radical (unpaired) electrons. The van der Waals surface area contributed by atoms with Crippen LogP contribution in [0.4, 0.5) is 0 Å². The van der Waals surface area contributed by atoms with E-state index in [1.807, 2.05) is 4.90 Å². The maximum atomic E-state index is 12.2. The van der Waals surface area contributed by atoms with Crippen molar-refractivity contribution in [3.8, 4) is 0 Å². The minimum Gasteiger partial charge on any atom is -0.337 e. The predicted molar refractivity (Wildman–Crippen MR) is 65.5 cm³/mol. The lowest BCUT2D eigenvalue weighted by atomic mass is 9.80. The van der Waals surface area contributed by atoms with Gasteiger partial charge in [-0.1, -0.05) is 6.92 Å². The molecular weight excluding hydrogens is 216 g/mol. The number of hydrogen-bond acceptors (Lipinski definition) is 3. The van der Waals surface area contributed by atoms with Gasteiger partial charge in [0, 0.05) is 26.3 Å². The molecule has 0 bridgehead atoms. The monoisotopic (exact) mass is 236 g/mol. The number of likely N-dealkylation sites (tertiary alicyclic amines) is 1. The van der Waals surface area contributed by atoms with Gasteiger partial charge in [0.2, 0.25) is 0 Å². The van der Waals surface area contributed by atoms with Crippen molar-refractivity contribution in [2.24, 2.45) is 18.2 Å². The minimum absolute atomic E-state index is 0.0732. The molecule has 1 aromatic heterocycles. The van der Waals surface area contributed by atoms with Crippen LogP contribution >= 0.6 is 0 Å². The first-order valence-corrected chi connectivity index (χ1v) is 6.03. The van der Waals surface area contributed by atoms with Gasteiger partial charge < -0.3 is 10.6 Å². The van der Waals surface area contributed by atoms with Gasteiger partial charge in [-0.3, -0.25) is 9.48 Å². The number of rotatable bonds is 2. The van der Waals surface area contributed by atoms with Gasteiger partial charge in [-0.2, -0.15) is 5.10 Å². The first-order valence-electron chi connectivity index (χ1n) is 6.03. The molecular formula is C12H20N4O. The summed E-state index contributed by atoms with van der Waals surface area (Å²) in [6.07, 6.45) is 3.61. The van der Waals surface area contributed by atoms with Crippen LogP contribution in [0, 0.1) is 5.41 Å². The second-order valence-electron chi connectivity index (χ2n) is 5.15. The maximum absolute atomic E-state index is 12.2. The average molecular weight is 236 g/mol. The van der Waals surface area contributed by atoms with E-state index in [9.17, 15) is 4.79 Å². The Morgan fingerprint density at radius 2 is 2.18 bits per heavy atom. The highest BCUT2D eigenvalue weighted by Crippen LogP contribution is 2.29. The molecule has 1 aliphatic rings. The molecule has 2 rings (SSSR count). The number of carbonyl (C=O) groups is 1. The van der Waals surface area contributed by atoms with Gasteiger partial charge in [-0.25, -0.2) is 0 Å². The quantitative estimate of drug-likeness (QED) is 0.818. The van der Waals surface area contributed by atoms with E-state index in [2.05, 4.69) is 12.0 Å². The Balaban J connectivity index is 2.02. The van der Waals surface area contributed by atoms with Crippen LogP contribution in [0.5, 0.6) is 0 Å². The number of hydrogen-bond donors (Lipinski definition) is 1. The third-order valence-electron chi connectivity index (χ3n) is 3.79. The zero-order valence-electron chi connectivity index (χ0n) is 10.5. The fourth-order valence-corrected chi connectivity index (χ4v) is 2.20. The molecule has 1 amide bonds. The first kappa shape index (κ1) is 12.1. The molecule has 1 fully saturated rings. The number of nitrogens with zero attached hydrogens (tertiary/aromatic N) is 3. The van der Waals surface area contributed by atoms with Crippen LogP contribution in [0.1, 0.15) is 30.3 Å². The van der Waals surface area contributed by atoms with Gasteiger partial charge in [0.25, 0.3) is 5.91 Å². The normalized spacial score (nSPS) is 19.4. The predicted octanol–water partition coefficient (Wildman–Crippen LogP) is 0.621. The molecule has 0 atom stereocenters. The molecule has 2 N–H and O–H groups in total. The summed E-state index contributed by atoms with van der Waals surface area (Å²) < 4.78 is 1.62. The first-order chi connectivity index (χ1) is 8.06. The molecule has 0 unspecified atom stereocenters. The van der Waals surface area contributed by atoms with E-state index < -0.39 is 0 Å². The highest BCUT2D eigenvalue weighted by Gasteiger charge is 2.31. The topological polar surface area (TPSA) is 64.2 Å².